The molecule has 1 aliphatic rings. The second-order valence-electron chi connectivity index (χ2n) is 3.80. The lowest BCUT2D eigenvalue weighted by molar-refractivity contribution is -0.118. The number of carbonyl (C=O) groups excluding carboxylic acids is 1. The number of amides is 1. The van der Waals surface area contributed by atoms with Gasteiger partial charge in [-0.1, -0.05) is 11.6 Å². The van der Waals surface area contributed by atoms with Gasteiger partial charge in [0.05, 0.1) is 5.02 Å². The zero-order chi connectivity index (χ0) is 12.4. The van der Waals surface area contributed by atoms with Crippen LogP contribution in [-0.4, -0.2) is 19.1 Å². The Morgan fingerprint density at radius 3 is 2.82 bits per heavy atom. The van der Waals surface area contributed by atoms with E-state index in [1.165, 1.54) is 0 Å². The molecule has 4 N–H and O–H groups in total. The number of hydrogen-bond acceptors (Lipinski definition) is 4. The molecule has 1 atom stereocenters. The molecule has 17 heavy (non-hydrogen) atoms. The average molecular weight is 257 g/mol. The van der Waals surface area contributed by atoms with Crippen molar-refractivity contribution in [1.29, 1.82) is 0 Å². The van der Waals surface area contributed by atoms with E-state index in [1.807, 2.05) is 0 Å². The highest BCUT2D eigenvalue weighted by molar-refractivity contribution is 6.32. The zero-order valence-corrected chi connectivity index (χ0v) is 9.87. The minimum atomic E-state index is -0.485. The molecule has 0 radical (unpaired) electrons. The number of fused-ring (bicyclic) bond motifs is 1. The Labute approximate surface area is 104 Å². The van der Waals surface area contributed by atoms with Crippen LogP contribution in [0.2, 0.25) is 5.02 Å². The van der Waals surface area contributed by atoms with Crippen LogP contribution in [0, 0.1) is 0 Å². The molecule has 92 valence electrons. The van der Waals surface area contributed by atoms with E-state index >= 15 is 0 Å². The highest BCUT2D eigenvalue weighted by Crippen LogP contribution is 2.39. The van der Waals surface area contributed by atoms with Gasteiger partial charge in [-0.05, 0) is 17.7 Å². The van der Waals surface area contributed by atoms with Crippen molar-refractivity contribution >= 4 is 17.5 Å². The molecule has 6 heteroatoms. The normalized spacial score (nSPS) is 15.4. The molecular weight excluding hydrogens is 244 g/mol. The van der Waals surface area contributed by atoms with Gasteiger partial charge in [0.25, 0.3) is 0 Å². The molecule has 0 fully saturated rings. The third-order valence-electron chi connectivity index (χ3n) is 2.47. The fourth-order valence-corrected chi connectivity index (χ4v) is 1.95. The molecule has 1 aliphatic heterocycles. The standard InChI is InChI=1S/C11H13ClN2O3/c12-7-3-6(8(13)5-10(14)15)4-9-11(7)17-2-1-16-9/h3-4,8H,1-2,5,13H2,(H2,14,15)/t8-/m0/s1. The van der Waals surface area contributed by atoms with Gasteiger partial charge in [-0.2, -0.15) is 0 Å². The summed E-state index contributed by atoms with van der Waals surface area (Å²) in [5.41, 5.74) is 11.6. The molecule has 0 bridgehead atoms. The van der Waals surface area contributed by atoms with E-state index in [-0.39, 0.29) is 6.42 Å². The lowest BCUT2D eigenvalue weighted by atomic mass is 10.0. The predicted molar refractivity (Wildman–Crippen MR) is 63.2 cm³/mol. The lowest BCUT2D eigenvalue weighted by Gasteiger charge is -2.21. The maximum Gasteiger partial charge on any atom is 0.219 e. The summed E-state index contributed by atoms with van der Waals surface area (Å²) >= 11 is 6.05. The first-order chi connectivity index (χ1) is 8.08. The Morgan fingerprint density at radius 1 is 1.41 bits per heavy atom. The van der Waals surface area contributed by atoms with E-state index in [4.69, 9.17) is 32.5 Å². The van der Waals surface area contributed by atoms with Crippen molar-refractivity contribution in [2.45, 2.75) is 12.5 Å². The fourth-order valence-electron chi connectivity index (χ4n) is 1.68. The van der Waals surface area contributed by atoms with Gasteiger partial charge in [0.1, 0.15) is 13.2 Å². The number of halogens is 1. The van der Waals surface area contributed by atoms with Crippen LogP contribution in [0.1, 0.15) is 18.0 Å². The van der Waals surface area contributed by atoms with Gasteiger partial charge in [-0.15, -0.1) is 0 Å². The zero-order valence-electron chi connectivity index (χ0n) is 9.11. The highest BCUT2D eigenvalue weighted by atomic mass is 35.5. The van der Waals surface area contributed by atoms with Crippen LogP contribution in [-0.2, 0) is 4.79 Å². The first-order valence-electron chi connectivity index (χ1n) is 5.21. The second-order valence-corrected chi connectivity index (χ2v) is 4.21. The molecular formula is C11H13ClN2O3. The van der Waals surface area contributed by atoms with Crippen LogP contribution in [0.5, 0.6) is 11.5 Å². The van der Waals surface area contributed by atoms with Gasteiger partial charge in [0, 0.05) is 12.5 Å². The van der Waals surface area contributed by atoms with E-state index in [0.29, 0.717) is 35.3 Å². The molecule has 0 aromatic heterocycles. The Balaban J connectivity index is 2.30. The number of nitrogens with two attached hydrogens (primary N) is 2. The van der Waals surface area contributed by atoms with Crippen molar-refractivity contribution in [1.82, 2.24) is 0 Å². The smallest absolute Gasteiger partial charge is 0.219 e. The maximum absolute atomic E-state index is 10.8. The third kappa shape index (κ3) is 2.62. The van der Waals surface area contributed by atoms with Crippen LogP contribution in [0.25, 0.3) is 0 Å². The van der Waals surface area contributed by atoms with E-state index in [0.717, 1.165) is 0 Å². The van der Waals surface area contributed by atoms with Crippen molar-refractivity contribution < 1.29 is 14.3 Å². The van der Waals surface area contributed by atoms with Crippen LogP contribution in [0.4, 0.5) is 0 Å². The number of primary amides is 1. The van der Waals surface area contributed by atoms with Crippen molar-refractivity contribution in [2.75, 3.05) is 13.2 Å². The average Bonchev–Trinajstić information content (AvgIpc) is 2.28. The van der Waals surface area contributed by atoms with Gasteiger partial charge < -0.3 is 20.9 Å². The van der Waals surface area contributed by atoms with Crippen molar-refractivity contribution in [3.63, 3.8) is 0 Å². The lowest BCUT2D eigenvalue weighted by Crippen LogP contribution is -2.21. The van der Waals surface area contributed by atoms with Crippen molar-refractivity contribution in [3.8, 4) is 11.5 Å². The topological polar surface area (TPSA) is 87.6 Å². The van der Waals surface area contributed by atoms with E-state index in [9.17, 15) is 4.79 Å². The van der Waals surface area contributed by atoms with Gasteiger partial charge in [-0.25, -0.2) is 0 Å². The maximum atomic E-state index is 10.8. The summed E-state index contributed by atoms with van der Waals surface area (Å²) < 4.78 is 10.8. The van der Waals surface area contributed by atoms with Crippen molar-refractivity contribution in [2.24, 2.45) is 11.5 Å². The number of hydrogen-bond donors (Lipinski definition) is 2. The highest BCUT2D eigenvalue weighted by Gasteiger charge is 2.19. The molecule has 5 nitrogen and oxygen atoms in total. The number of rotatable bonds is 3. The fraction of sp³-hybridized carbons (Fsp3) is 0.364. The molecule has 1 amide bonds. The number of benzene rings is 1. The summed E-state index contributed by atoms with van der Waals surface area (Å²) in [6, 6.07) is 2.91. The van der Waals surface area contributed by atoms with Crippen molar-refractivity contribution in [3.05, 3.63) is 22.7 Å². The van der Waals surface area contributed by atoms with E-state index in [1.54, 1.807) is 12.1 Å². The Hall–Kier alpha value is -1.46. The molecule has 1 aromatic rings. The van der Waals surface area contributed by atoms with Crippen LogP contribution < -0.4 is 20.9 Å². The SMILES string of the molecule is NC(=O)C[C@H](N)c1cc(Cl)c2c(c1)OCCO2. The predicted octanol–water partition coefficient (Wildman–Crippen LogP) is 0.986. The summed E-state index contributed by atoms with van der Waals surface area (Å²) in [6.07, 6.45) is 0.0654. The van der Waals surface area contributed by atoms with Crippen LogP contribution >= 0.6 is 11.6 Å². The molecule has 1 heterocycles. The number of ether oxygens (including phenoxy) is 2. The molecule has 0 saturated carbocycles. The first kappa shape index (κ1) is 12.0. The van der Waals surface area contributed by atoms with Crippen LogP contribution in [0.3, 0.4) is 0 Å². The number of carbonyl (C=O) groups is 1. The third-order valence-corrected chi connectivity index (χ3v) is 2.75. The van der Waals surface area contributed by atoms with Gasteiger partial charge in [0.2, 0.25) is 5.91 Å². The summed E-state index contributed by atoms with van der Waals surface area (Å²) in [6.45, 7) is 0.942. The summed E-state index contributed by atoms with van der Waals surface area (Å²) in [7, 11) is 0. The van der Waals surface area contributed by atoms with Gasteiger partial charge in [0.15, 0.2) is 11.5 Å². The quantitative estimate of drug-likeness (QED) is 0.844. The Morgan fingerprint density at radius 2 is 2.12 bits per heavy atom. The second kappa shape index (κ2) is 4.81. The molecule has 2 rings (SSSR count). The molecule has 0 aliphatic carbocycles. The summed E-state index contributed by atoms with van der Waals surface area (Å²) in [5, 5.41) is 0.428. The summed E-state index contributed by atoms with van der Waals surface area (Å²) in [4.78, 5) is 10.8. The van der Waals surface area contributed by atoms with Gasteiger partial charge >= 0.3 is 0 Å². The Kier molecular flexibility index (Phi) is 3.40. The monoisotopic (exact) mass is 256 g/mol. The molecule has 0 saturated heterocycles. The van der Waals surface area contributed by atoms with Gasteiger partial charge in [-0.3, -0.25) is 4.79 Å². The van der Waals surface area contributed by atoms with E-state index in [2.05, 4.69) is 0 Å². The van der Waals surface area contributed by atoms with E-state index < -0.39 is 11.9 Å². The minimum absolute atomic E-state index is 0.0654. The Bertz CT molecular complexity index is 451. The van der Waals surface area contributed by atoms with Crippen LogP contribution in [0.15, 0.2) is 12.1 Å². The molecule has 0 spiro atoms. The molecule has 0 unspecified atom stereocenters. The minimum Gasteiger partial charge on any atom is -0.486 e. The molecule has 1 aromatic carbocycles. The first-order valence-corrected chi connectivity index (χ1v) is 5.58. The summed E-state index contributed by atoms with van der Waals surface area (Å²) in [5.74, 6) is 0.620. The largest absolute Gasteiger partial charge is 0.486 e.